The van der Waals surface area contributed by atoms with Crippen molar-refractivity contribution in [3.05, 3.63) is 60.7 Å². The molecular formula is C22H28N4O4. The van der Waals surface area contributed by atoms with Crippen LogP contribution in [0.2, 0.25) is 0 Å². The van der Waals surface area contributed by atoms with Gasteiger partial charge in [-0.05, 0) is 43.7 Å². The van der Waals surface area contributed by atoms with Crippen molar-refractivity contribution in [2.45, 2.75) is 25.7 Å². The molecule has 160 valence electrons. The van der Waals surface area contributed by atoms with E-state index in [1.54, 1.807) is 34.6 Å². The molecule has 0 atom stereocenters. The number of carbonyl (C=O) groups is 3. The minimum absolute atomic E-state index is 0.0776. The first kappa shape index (κ1) is 23.1. The number of carbonyl (C=O) groups excluding carboxylic acids is 3. The van der Waals surface area contributed by atoms with Gasteiger partial charge in [-0.3, -0.25) is 24.5 Å². The molecule has 0 unspecified atom stereocenters. The standard InChI is InChI=1S/C22H28N4O4/c27-20(25-30)14-8-3-9-15-26(16-21(28)23-18-10-4-1-5-11-18)17-22(29)24-19-12-6-2-7-13-19/h1-2,4-7,10-13,30H,3,8-9,14-17H2,(H,23,28)(H,24,29)(H,25,27). The van der Waals surface area contributed by atoms with Crippen LogP contribution in [-0.2, 0) is 14.4 Å². The second-order valence-electron chi connectivity index (χ2n) is 6.88. The van der Waals surface area contributed by atoms with Crippen molar-refractivity contribution in [3.63, 3.8) is 0 Å². The molecule has 0 fully saturated rings. The van der Waals surface area contributed by atoms with E-state index in [9.17, 15) is 14.4 Å². The Morgan fingerprint density at radius 2 is 1.20 bits per heavy atom. The van der Waals surface area contributed by atoms with Crippen molar-refractivity contribution in [2.24, 2.45) is 0 Å². The second kappa shape index (κ2) is 13.1. The van der Waals surface area contributed by atoms with Crippen molar-refractivity contribution < 1.29 is 19.6 Å². The zero-order chi connectivity index (χ0) is 21.6. The van der Waals surface area contributed by atoms with Gasteiger partial charge in [-0.15, -0.1) is 0 Å². The van der Waals surface area contributed by atoms with E-state index in [4.69, 9.17) is 5.21 Å². The minimum Gasteiger partial charge on any atom is -0.325 e. The molecule has 0 spiro atoms. The maximum Gasteiger partial charge on any atom is 0.243 e. The average molecular weight is 412 g/mol. The molecule has 0 bridgehead atoms. The van der Waals surface area contributed by atoms with Crippen LogP contribution in [0.4, 0.5) is 11.4 Å². The van der Waals surface area contributed by atoms with E-state index in [1.165, 1.54) is 0 Å². The number of hydroxylamine groups is 1. The third-order valence-electron chi connectivity index (χ3n) is 4.35. The fourth-order valence-electron chi connectivity index (χ4n) is 2.92. The van der Waals surface area contributed by atoms with E-state index in [1.807, 2.05) is 36.4 Å². The highest BCUT2D eigenvalue weighted by atomic mass is 16.5. The summed E-state index contributed by atoms with van der Waals surface area (Å²) in [6.07, 6.45) is 2.31. The van der Waals surface area contributed by atoms with Gasteiger partial charge in [0, 0.05) is 17.8 Å². The summed E-state index contributed by atoms with van der Waals surface area (Å²) in [5.41, 5.74) is 3.01. The third kappa shape index (κ3) is 9.31. The van der Waals surface area contributed by atoms with Crippen LogP contribution in [0.1, 0.15) is 25.7 Å². The molecule has 3 amide bonds. The van der Waals surface area contributed by atoms with E-state index in [-0.39, 0.29) is 31.3 Å². The highest BCUT2D eigenvalue weighted by molar-refractivity contribution is 5.94. The Hall–Kier alpha value is -3.23. The fraction of sp³-hybridized carbons (Fsp3) is 0.318. The molecule has 0 radical (unpaired) electrons. The Morgan fingerprint density at radius 3 is 1.67 bits per heavy atom. The number of benzene rings is 2. The smallest absolute Gasteiger partial charge is 0.243 e. The Bertz CT molecular complexity index is 744. The Kier molecular flexibility index (Phi) is 10.0. The number of nitrogens with zero attached hydrogens (tertiary/aromatic N) is 1. The van der Waals surface area contributed by atoms with Crippen molar-refractivity contribution in [2.75, 3.05) is 30.3 Å². The largest absolute Gasteiger partial charge is 0.325 e. The summed E-state index contributed by atoms with van der Waals surface area (Å²) < 4.78 is 0. The average Bonchev–Trinajstić information content (AvgIpc) is 2.74. The lowest BCUT2D eigenvalue weighted by molar-refractivity contribution is -0.129. The lowest BCUT2D eigenvalue weighted by Gasteiger charge is -2.21. The molecule has 0 heterocycles. The van der Waals surface area contributed by atoms with Gasteiger partial charge in [-0.25, -0.2) is 5.48 Å². The van der Waals surface area contributed by atoms with Crippen LogP contribution in [0, 0.1) is 0 Å². The van der Waals surface area contributed by atoms with Gasteiger partial charge in [0.1, 0.15) is 0 Å². The lowest BCUT2D eigenvalue weighted by atomic mass is 10.2. The Morgan fingerprint density at radius 1 is 0.700 bits per heavy atom. The quantitative estimate of drug-likeness (QED) is 0.243. The van der Waals surface area contributed by atoms with Gasteiger partial charge in [0.05, 0.1) is 13.1 Å². The number of amides is 3. The monoisotopic (exact) mass is 412 g/mol. The summed E-state index contributed by atoms with van der Waals surface area (Å²) in [7, 11) is 0. The molecule has 0 aliphatic rings. The van der Waals surface area contributed by atoms with Gasteiger partial charge in [-0.1, -0.05) is 42.8 Å². The number of para-hydroxylation sites is 2. The first-order chi connectivity index (χ1) is 14.6. The van der Waals surface area contributed by atoms with Gasteiger partial charge in [0.2, 0.25) is 17.7 Å². The lowest BCUT2D eigenvalue weighted by Crippen LogP contribution is -2.39. The molecule has 2 rings (SSSR count). The summed E-state index contributed by atoms with van der Waals surface area (Å²) in [6.45, 7) is 0.688. The van der Waals surface area contributed by atoms with Crippen LogP contribution in [0.25, 0.3) is 0 Å². The molecule has 2 aromatic carbocycles. The molecule has 30 heavy (non-hydrogen) atoms. The van der Waals surface area contributed by atoms with Crippen LogP contribution >= 0.6 is 0 Å². The first-order valence-electron chi connectivity index (χ1n) is 9.92. The molecule has 8 heteroatoms. The second-order valence-corrected chi connectivity index (χ2v) is 6.88. The zero-order valence-electron chi connectivity index (χ0n) is 16.8. The number of unbranched alkanes of at least 4 members (excludes halogenated alkanes) is 2. The van der Waals surface area contributed by atoms with Gasteiger partial charge in [0.15, 0.2) is 0 Å². The fourth-order valence-corrected chi connectivity index (χ4v) is 2.92. The minimum atomic E-state index is -0.420. The number of hydrogen-bond acceptors (Lipinski definition) is 5. The number of anilines is 2. The molecular weight excluding hydrogens is 384 g/mol. The maximum absolute atomic E-state index is 12.4. The van der Waals surface area contributed by atoms with Gasteiger partial charge < -0.3 is 10.6 Å². The summed E-state index contributed by atoms with van der Waals surface area (Å²) in [4.78, 5) is 37.7. The van der Waals surface area contributed by atoms with E-state index in [2.05, 4.69) is 10.6 Å². The molecule has 4 N–H and O–H groups in total. The zero-order valence-corrected chi connectivity index (χ0v) is 16.8. The highest BCUT2D eigenvalue weighted by Gasteiger charge is 2.15. The third-order valence-corrected chi connectivity index (χ3v) is 4.35. The van der Waals surface area contributed by atoms with E-state index in [0.29, 0.717) is 24.3 Å². The van der Waals surface area contributed by atoms with E-state index in [0.717, 1.165) is 12.8 Å². The van der Waals surface area contributed by atoms with Crippen LogP contribution in [0.15, 0.2) is 60.7 Å². The molecule has 2 aromatic rings. The summed E-state index contributed by atoms with van der Waals surface area (Å²) in [5.74, 6) is -0.821. The molecule has 0 saturated carbocycles. The molecule has 0 saturated heterocycles. The van der Waals surface area contributed by atoms with Crippen LogP contribution in [-0.4, -0.2) is 47.5 Å². The molecule has 8 nitrogen and oxygen atoms in total. The Labute approximate surface area is 176 Å². The SMILES string of the molecule is O=C(CCCCCN(CC(=O)Nc1ccccc1)CC(=O)Nc1ccccc1)NO. The summed E-state index contributed by atoms with van der Waals surface area (Å²) in [5, 5.41) is 14.2. The highest BCUT2D eigenvalue weighted by Crippen LogP contribution is 2.08. The van der Waals surface area contributed by atoms with Crippen molar-refractivity contribution >= 4 is 29.1 Å². The van der Waals surface area contributed by atoms with Crippen LogP contribution in [0.5, 0.6) is 0 Å². The van der Waals surface area contributed by atoms with E-state index < -0.39 is 5.91 Å². The van der Waals surface area contributed by atoms with Gasteiger partial charge in [0.25, 0.3) is 0 Å². The maximum atomic E-state index is 12.4. The normalized spacial score (nSPS) is 10.5. The van der Waals surface area contributed by atoms with Crippen LogP contribution < -0.4 is 16.1 Å². The van der Waals surface area contributed by atoms with E-state index >= 15 is 0 Å². The predicted molar refractivity (Wildman–Crippen MR) is 115 cm³/mol. The van der Waals surface area contributed by atoms with Gasteiger partial charge in [-0.2, -0.15) is 0 Å². The Balaban J connectivity index is 1.86. The summed E-state index contributed by atoms with van der Waals surface area (Å²) >= 11 is 0. The topological polar surface area (TPSA) is 111 Å². The van der Waals surface area contributed by atoms with Gasteiger partial charge >= 0.3 is 0 Å². The van der Waals surface area contributed by atoms with Crippen molar-refractivity contribution in [3.8, 4) is 0 Å². The molecule has 0 aliphatic carbocycles. The predicted octanol–water partition coefficient (Wildman–Crippen LogP) is 2.63. The number of rotatable bonds is 12. The first-order valence-corrected chi connectivity index (χ1v) is 9.92. The molecule has 0 aromatic heterocycles. The van der Waals surface area contributed by atoms with Crippen LogP contribution in [0.3, 0.4) is 0 Å². The number of hydrogen-bond donors (Lipinski definition) is 4. The molecule has 0 aliphatic heterocycles. The summed E-state index contributed by atoms with van der Waals surface area (Å²) in [6, 6.07) is 18.3. The number of nitrogens with one attached hydrogen (secondary N) is 3. The van der Waals surface area contributed by atoms with Crippen molar-refractivity contribution in [1.82, 2.24) is 10.4 Å². The van der Waals surface area contributed by atoms with Crippen molar-refractivity contribution in [1.29, 1.82) is 0 Å².